The summed E-state index contributed by atoms with van der Waals surface area (Å²) in [4.78, 5) is 5.64. The number of halogens is 2. The zero-order valence-corrected chi connectivity index (χ0v) is 23.5. The third-order valence-electron chi connectivity index (χ3n) is 2.92. The number of hydrogen-bond donors (Lipinski definition) is 6. The Bertz CT molecular complexity index is 916. The van der Waals surface area contributed by atoms with Crippen LogP contribution in [0.15, 0.2) is 48.5 Å². The maximum atomic E-state index is 12.4. The molecule has 0 heterocycles. The first-order valence-electron chi connectivity index (χ1n) is 8.34. The van der Waals surface area contributed by atoms with Crippen LogP contribution < -0.4 is 36.5 Å². The molecular formula is C16H22FIN6O6S2Sn-2. The first kappa shape index (κ1) is 33.8. The Morgan fingerprint density at radius 2 is 1.24 bits per heavy atom. The molecule has 0 unspecified atom stereocenters. The van der Waals surface area contributed by atoms with E-state index in [1.165, 1.54) is 9.13 Å². The molecule has 184 valence electrons. The second-order valence-corrected chi connectivity index (χ2v) is 9.70. The second kappa shape index (κ2) is 21.1. The number of rotatable bonds is 5. The summed E-state index contributed by atoms with van der Waals surface area (Å²) in [6.07, 6.45) is 0. The topological polar surface area (TPSA) is 258 Å². The minimum Gasteiger partial charge on any atom is -0.784 e. The van der Waals surface area contributed by atoms with Crippen molar-refractivity contribution in [1.29, 1.82) is 0 Å². The van der Waals surface area contributed by atoms with E-state index < -0.39 is 44.4 Å². The van der Waals surface area contributed by atoms with Gasteiger partial charge in [-0.3, -0.25) is 24.9 Å². The Morgan fingerprint density at radius 3 is 1.61 bits per heavy atom. The maximum absolute atomic E-state index is 12.4. The molecule has 0 bridgehead atoms. The van der Waals surface area contributed by atoms with Crippen molar-refractivity contribution < 1.29 is 39.5 Å². The fourth-order valence-corrected chi connectivity index (χ4v) is 3.54. The van der Waals surface area contributed by atoms with Crippen molar-refractivity contribution >= 4 is 82.5 Å². The summed E-state index contributed by atoms with van der Waals surface area (Å²) < 4.78 is 65.1. The van der Waals surface area contributed by atoms with Crippen LogP contribution in [0.1, 0.15) is 11.1 Å². The Kier molecular flexibility index (Phi) is 21.6. The van der Waals surface area contributed by atoms with Gasteiger partial charge in [0.1, 0.15) is 0 Å². The molecule has 12 nitrogen and oxygen atoms in total. The predicted octanol–water partition coefficient (Wildman–Crippen LogP) is -5.11. The average molecular weight is 723 g/mol. The SMILES string of the molecule is NC(N)=[NH+]Cc1ccc[c]([Sn][F])c1.NC(N)=[NH+]Cc1cccc(I)c1.O=S([O-])[O-].O=S([O-])[O-]. The van der Waals surface area contributed by atoms with Gasteiger partial charge in [-0.05, 0) is 40.3 Å². The minimum atomic E-state index is -3.11. The fraction of sp³-hybridized carbons (Fsp3) is 0.125. The van der Waals surface area contributed by atoms with Crippen LogP contribution in [0, 0.1) is 3.57 Å². The molecule has 0 spiro atoms. The number of hydrogen-bond acceptors (Lipinski definition) is 6. The van der Waals surface area contributed by atoms with Gasteiger partial charge in [0.15, 0.2) is 0 Å². The van der Waals surface area contributed by atoms with E-state index in [9.17, 15) is 2.87 Å². The monoisotopic (exact) mass is 724 g/mol. The van der Waals surface area contributed by atoms with Gasteiger partial charge < -0.3 is 18.2 Å². The van der Waals surface area contributed by atoms with Gasteiger partial charge in [0.2, 0.25) is 0 Å². The summed E-state index contributed by atoms with van der Waals surface area (Å²) in [5.41, 5.74) is 23.2. The van der Waals surface area contributed by atoms with Gasteiger partial charge in [-0.1, -0.05) is 12.1 Å². The summed E-state index contributed by atoms with van der Waals surface area (Å²) in [5.74, 6) is 0.444. The summed E-state index contributed by atoms with van der Waals surface area (Å²) in [6, 6.07) is 15.6. The molecule has 0 saturated carbocycles. The summed E-state index contributed by atoms with van der Waals surface area (Å²) in [7, 11) is 0. The molecule has 17 heteroatoms. The normalized spacial score (nSPS) is 9.33. The molecule has 2 radical (unpaired) electrons. The Balaban J connectivity index is 0. The summed E-state index contributed by atoms with van der Waals surface area (Å²) >= 11 is -5.77. The van der Waals surface area contributed by atoms with E-state index in [2.05, 4.69) is 38.6 Å². The van der Waals surface area contributed by atoms with E-state index in [1.54, 1.807) is 0 Å². The van der Waals surface area contributed by atoms with Gasteiger partial charge in [-0.25, -0.2) is 0 Å². The standard InChI is InChI=1S/C8H10IN3.C8H10N3.FH.2H2O3S.Sn/c9-7-3-1-2-6(4-7)5-12-8(10)11;9-8(10)11-6-7-4-2-1-3-5-7;;2*1-4(2)3;/h1-4H,5H2,(H4,10,11,12);1-2,4-5H,6H2,(H4,9,10,11);1H;2*(H2,1,2,3);/q;;;;;+1/p-3. The number of benzene rings is 2. The zero-order valence-electron chi connectivity index (χ0n) is 16.9. The molecule has 2 aromatic rings. The molecule has 0 atom stereocenters. The van der Waals surface area contributed by atoms with Crippen molar-refractivity contribution in [1.82, 2.24) is 0 Å². The molecule has 10 N–H and O–H groups in total. The Morgan fingerprint density at radius 1 is 0.848 bits per heavy atom. The molecule has 2 aromatic carbocycles. The van der Waals surface area contributed by atoms with Crippen molar-refractivity contribution in [2.75, 3.05) is 0 Å². The molecule has 0 aromatic heterocycles. The van der Waals surface area contributed by atoms with Crippen LogP contribution in [0.3, 0.4) is 0 Å². The largest absolute Gasteiger partial charge is 0.784 e. The van der Waals surface area contributed by atoms with Crippen molar-refractivity contribution in [3.8, 4) is 0 Å². The molecule has 33 heavy (non-hydrogen) atoms. The number of nitrogens with two attached hydrogens (primary N) is 4. The van der Waals surface area contributed by atoms with Crippen LogP contribution in [0.5, 0.6) is 0 Å². The van der Waals surface area contributed by atoms with Gasteiger partial charge in [-0.2, -0.15) is 0 Å². The Hall–Kier alpha value is -1.42. The van der Waals surface area contributed by atoms with E-state index >= 15 is 0 Å². The maximum Gasteiger partial charge on any atom is 0.339 e. The van der Waals surface area contributed by atoms with Crippen molar-refractivity contribution in [3.63, 3.8) is 0 Å². The summed E-state index contributed by atoms with van der Waals surface area (Å²) in [5, 5.41) is 0. The van der Waals surface area contributed by atoms with Crippen LogP contribution in [0.25, 0.3) is 0 Å². The van der Waals surface area contributed by atoms with E-state index in [0.717, 1.165) is 9.14 Å². The fourth-order valence-electron chi connectivity index (χ4n) is 1.80. The minimum absolute atomic E-state index is 0.186. The van der Waals surface area contributed by atoms with Crippen LogP contribution >= 0.6 is 22.6 Å². The van der Waals surface area contributed by atoms with E-state index in [1.807, 2.05) is 42.5 Å². The van der Waals surface area contributed by atoms with Crippen LogP contribution in [-0.2, 0) is 35.8 Å². The van der Waals surface area contributed by atoms with Crippen molar-refractivity contribution in [2.45, 2.75) is 13.1 Å². The first-order chi connectivity index (χ1) is 15.4. The van der Waals surface area contributed by atoms with Crippen molar-refractivity contribution in [3.05, 3.63) is 63.2 Å². The predicted molar refractivity (Wildman–Crippen MR) is 128 cm³/mol. The zero-order chi connectivity index (χ0) is 25.8. The smallest absolute Gasteiger partial charge is 0.339 e. The van der Waals surface area contributed by atoms with Crippen LogP contribution in [-0.4, -0.2) is 60.3 Å². The molecule has 0 fully saturated rings. The third kappa shape index (κ3) is 26.7. The third-order valence-corrected chi connectivity index (χ3v) is 5.10. The molecular weight excluding hydrogens is 701 g/mol. The summed E-state index contributed by atoms with van der Waals surface area (Å²) in [6.45, 7) is 1.23. The molecule has 0 saturated heterocycles. The van der Waals surface area contributed by atoms with E-state index in [-0.39, 0.29) is 11.9 Å². The Labute approximate surface area is 219 Å². The quantitative estimate of drug-likeness (QED) is 0.0563. The molecule has 0 aliphatic carbocycles. The van der Waals surface area contributed by atoms with E-state index in [4.69, 9.17) is 49.6 Å². The van der Waals surface area contributed by atoms with E-state index in [0.29, 0.717) is 13.1 Å². The number of guanidine groups is 2. The van der Waals surface area contributed by atoms with Gasteiger partial charge in [0.25, 0.3) is 0 Å². The van der Waals surface area contributed by atoms with Gasteiger partial charge in [0.05, 0.1) is 6.54 Å². The first-order valence-corrected chi connectivity index (χ1v) is 13.9. The van der Waals surface area contributed by atoms with Crippen molar-refractivity contribution in [2.24, 2.45) is 22.9 Å². The number of nitrogens with one attached hydrogen (secondary N) is 2. The molecule has 0 amide bonds. The molecule has 2 rings (SSSR count). The van der Waals surface area contributed by atoms with Crippen LogP contribution in [0.2, 0.25) is 0 Å². The van der Waals surface area contributed by atoms with Gasteiger partial charge in [0, 0.05) is 3.57 Å². The molecule has 0 aliphatic heterocycles. The van der Waals surface area contributed by atoms with Crippen LogP contribution in [0.4, 0.5) is 2.87 Å². The average Bonchev–Trinajstić information content (AvgIpc) is 2.71. The second-order valence-electron chi connectivity index (χ2n) is 5.45. The van der Waals surface area contributed by atoms with Gasteiger partial charge in [-0.15, -0.1) is 22.7 Å². The van der Waals surface area contributed by atoms with Gasteiger partial charge >= 0.3 is 92.9 Å². The molecule has 0 aliphatic rings.